The molecule has 1 aromatic heterocycles. The van der Waals surface area contributed by atoms with Crippen LogP contribution in [-0.4, -0.2) is 94.3 Å². The number of fused-ring (bicyclic) bond motifs is 5. The Hall–Kier alpha value is -3.99. The lowest BCUT2D eigenvalue weighted by Crippen LogP contribution is -2.81. The number of nitrogens with one attached hydrogen (secondary N) is 1. The smallest absolute Gasteiger partial charge is 0.339 e. The van der Waals surface area contributed by atoms with Crippen LogP contribution in [0.1, 0.15) is 133 Å². The van der Waals surface area contributed by atoms with Crippen LogP contribution < -0.4 is 5.32 Å². The van der Waals surface area contributed by atoms with Crippen LogP contribution in [0.15, 0.2) is 59.4 Å². The topological polar surface area (TPSA) is 160 Å². The zero-order chi connectivity index (χ0) is 50.1. The molecule has 12 nitrogen and oxygen atoms in total. The number of esters is 2. The number of aliphatic hydroxyl groups excluding tert-OH is 2. The van der Waals surface area contributed by atoms with E-state index in [1.807, 2.05) is 6.07 Å². The molecule has 21 atom stereocenters. The van der Waals surface area contributed by atoms with Gasteiger partial charge in [-0.15, -0.1) is 0 Å². The first-order valence-electron chi connectivity index (χ1n) is 29.3. The molecule has 13 aliphatic rings. The second kappa shape index (κ2) is 16.5. The average Bonchev–Trinajstić information content (AvgIpc) is 3.69. The molecule has 6 saturated carbocycles. The number of allylic oxidation sites excluding steroid dienone is 1. The molecular weight excluding hydrogens is 933 g/mol. The first-order valence-corrected chi connectivity index (χ1v) is 29.3. The van der Waals surface area contributed by atoms with Gasteiger partial charge in [-0.1, -0.05) is 74.4 Å². The number of aliphatic hydroxyl groups is 2. The van der Waals surface area contributed by atoms with E-state index in [0.717, 1.165) is 95.8 Å². The molecule has 6 aliphatic heterocycles. The molecule has 15 rings (SSSR count). The summed E-state index contributed by atoms with van der Waals surface area (Å²) in [6, 6.07) is 13.1. The minimum atomic E-state index is -1.50. The number of epoxide rings is 1. The Labute approximate surface area is 435 Å². The van der Waals surface area contributed by atoms with Crippen LogP contribution in [0.4, 0.5) is 0 Å². The Morgan fingerprint density at radius 1 is 0.892 bits per heavy atom. The summed E-state index contributed by atoms with van der Waals surface area (Å²) in [6.07, 6.45) is 17.0. The van der Waals surface area contributed by atoms with E-state index in [9.17, 15) is 15.0 Å². The molecule has 394 valence electrons. The number of nitrogens with zero attached hydrogens (tertiary/aromatic N) is 1. The van der Waals surface area contributed by atoms with Crippen molar-refractivity contribution < 1.29 is 48.0 Å². The molecule has 4 bridgehead atoms. The van der Waals surface area contributed by atoms with Gasteiger partial charge >= 0.3 is 11.9 Å². The third kappa shape index (κ3) is 5.98. The van der Waals surface area contributed by atoms with E-state index in [1.54, 1.807) is 6.26 Å². The third-order valence-corrected chi connectivity index (χ3v) is 24.4. The number of ether oxygens (including phenoxy) is 4. The number of hydrogen-bond acceptors (Lipinski definition) is 12. The summed E-state index contributed by atoms with van der Waals surface area (Å²) < 4.78 is 35.0. The van der Waals surface area contributed by atoms with Crippen molar-refractivity contribution in [1.82, 2.24) is 10.2 Å². The van der Waals surface area contributed by atoms with Crippen molar-refractivity contribution in [3.8, 4) is 11.8 Å². The minimum absolute atomic E-state index is 0.0306. The fourth-order valence-corrected chi connectivity index (χ4v) is 21.5. The largest absolute Gasteiger partial charge is 0.469 e. The standard InChI is InChI=1S/C62H76N2O10/c1-57-23-19-49-59-33-71-51(66)31-50(59)72-58(2,40-13-7-4-8-14-40)53(59)52(67)54(68)61(49)45-27-36(26-35-10-5-3-6-11-35)15-16-37(45)12-9-22-60(57,74-56(69)55-62(57,61)73-55)44-21-25-70-48(44)30-43-41-28-39-20-24-64-34-63-32-46(64)42(39)29-38(41)17-18-47(43)65/h3,5-6,10-11,20-21,24-25,36-43,45-47,49-50,53-55,63,65,68H,4,7-8,13-19,22-23,26-34H2,1-2H3. The summed E-state index contributed by atoms with van der Waals surface area (Å²) in [5.41, 5.74) is -4.89. The second-order valence-corrected chi connectivity index (χ2v) is 26.8. The van der Waals surface area contributed by atoms with Gasteiger partial charge in [0.25, 0.3) is 0 Å². The minimum Gasteiger partial charge on any atom is -0.469 e. The second-order valence-electron chi connectivity index (χ2n) is 26.8. The van der Waals surface area contributed by atoms with E-state index in [1.165, 1.54) is 5.56 Å². The molecule has 7 heterocycles. The highest BCUT2D eigenvalue weighted by molar-refractivity contribution is 5.92. The predicted octanol–water partition coefficient (Wildman–Crippen LogP) is 7.82. The first kappa shape index (κ1) is 47.2. The van der Waals surface area contributed by atoms with Gasteiger partial charge in [0.15, 0.2) is 17.5 Å². The van der Waals surface area contributed by atoms with Gasteiger partial charge in [0.05, 0.1) is 49.5 Å². The molecule has 7 aliphatic carbocycles. The summed E-state index contributed by atoms with van der Waals surface area (Å²) in [7, 11) is 0. The van der Waals surface area contributed by atoms with Gasteiger partial charge in [-0.25, -0.2) is 4.79 Å². The lowest BCUT2D eigenvalue weighted by molar-refractivity contribution is -0.295. The average molecular weight is 1010 g/mol. The number of Topliss-reactive ketones (excluding diaryl/α,β-unsaturated/α-hetero) is 1. The number of carbonyl (C=O) groups is 3. The van der Waals surface area contributed by atoms with Crippen LogP contribution in [0.25, 0.3) is 0 Å². The Morgan fingerprint density at radius 2 is 1.74 bits per heavy atom. The molecule has 1 aromatic carbocycles. The highest BCUT2D eigenvalue weighted by atomic mass is 16.7. The zero-order valence-corrected chi connectivity index (χ0v) is 43.4. The number of carbonyl (C=O) groups excluding carboxylic acids is 3. The zero-order valence-electron chi connectivity index (χ0n) is 43.4. The molecule has 11 fully saturated rings. The summed E-state index contributed by atoms with van der Waals surface area (Å²) in [6.45, 7) is 6.29. The van der Waals surface area contributed by atoms with Gasteiger partial charge in [-0.05, 0) is 155 Å². The highest BCUT2D eigenvalue weighted by Gasteiger charge is 2.95. The maximum atomic E-state index is 16.5. The third-order valence-electron chi connectivity index (χ3n) is 24.4. The number of furan rings is 1. The lowest BCUT2D eigenvalue weighted by Gasteiger charge is -2.71. The van der Waals surface area contributed by atoms with E-state index in [4.69, 9.17) is 23.4 Å². The van der Waals surface area contributed by atoms with E-state index in [2.05, 4.69) is 78.5 Å². The van der Waals surface area contributed by atoms with Crippen molar-refractivity contribution in [2.75, 3.05) is 19.8 Å². The van der Waals surface area contributed by atoms with Crippen LogP contribution in [-0.2, 0) is 51.8 Å². The van der Waals surface area contributed by atoms with E-state index < -0.39 is 75.3 Å². The van der Waals surface area contributed by atoms with Crippen LogP contribution >= 0.6 is 0 Å². The molecular formula is C62H76N2O10. The maximum absolute atomic E-state index is 16.5. The van der Waals surface area contributed by atoms with Crippen molar-refractivity contribution in [2.45, 2.75) is 177 Å². The normalized spacial score (nSPS) is 50.5. The molecule has 5 saturated heterocycles. The van der Waals surface area contributed by atoms with Crippen molar-refractivity contribution in [3.63, 3.8) is 0 Å². The predicted molar refractivity (Wildman–Crippen MR) is 270 cm³/mol. The summed E-state index contributed by atoms with van der Waals surface area (Å²) >= 11 is 0. The number of benzene rings is 1. The molecule has 74 heavy (non-hydrogen) atoms. The Bertz CT molecular complexity index is 2720. The SMILES string of the molecule is CC1(C2CCCCC2)OC2CC(=O)OCC23C1C(=O)C(O)C12C4CC(Cc5ccccc5)CCC4C#CCC4(c5ccoc5CC5C(O)CCC6CC7C(C=CN8CNCC78)CC65)OC(=O)C5OC51C4(C)CCC32. The van der Waals surface area contributed by atoms with Gasteiger partial charge in [-0.3, -0.25) is 14.9 Å². The first-order chi connectivity index (χ1) is 35.9. The Kier molecular flexibility index (Phi) is 10.5. The quantitative estimate of drug-likeness (QED) is 0.147. The van der Waals surface area contributed by atoms with Crippen molar-refractivity contribution in [1.29, 1.82) is 0 Å². The van der Waals surface area contributed by atoms with Gasteiger partial charge in [-0.2, -0.15) is 0 Å². The number of cyclic esters (lactones) is 1. The molecule has 12 heteroatoms. The van der Waals surface area contributed by atoms with Gasteiger partial charge in [0.1, 0.15) is 24.1 Å². The van der Waals surface area contributed by atoms with Crippen molar-refractivity contribution in [3.05, 3.63) is 71.8 Å². The molecule has 21 unspecified atom stereocenters. The molecule has 3 spiro atoms. The van der Waals surface area contributed by atoms with Gasteiger partial charge in [0.2, 0.25) is 0 Å². The van der Waals surface area contributed by atoms with E-state index >= 15 is 9.59 Å². The summed E-state index contributed by atoms with van der Waals surface area (Å²) in [4.78, 5) is 48.2. The van der Waals surface area contributed by atoms with Gasteiger partial charge < -0.3 is 38.5 Å². The molecule has 0 radical (unpaired) electrons. The van der Waals surface area contributed by atoms with Gasteiger partial charge in [0, 0.05) is 46.7 Å². The van der Waals surface area contributed by atoms with Crippen molar-refractivity contribution >= 4 is 17.7 Å². The van der Waals surface area contributed by atoms with Crippen molar-refractivity contribution in [2.24, 2.45) is 81.3 Å². The number of rotatable bonds is 6. The molecule has 2 aromatic rings. The molecule has 3 N–H and O–H groups in total. The highest BCUT2D eigenvalue weighted by Crippen LogP contribution is 2.84. The maximum Gasteiger partial charge on any atom is 0.339 e. The lowest BCUT2D eigenvalue weighted by atomic mass is 9.31. The fraction of sp³-hybridized carbons (Fsp3) is 0.726. The number of hydrogen-bond donors (Lipinski definition) is 3. The number of ketones is 1. The van der Waals surface area contributed by atoms with Crippen LogP contribution in [0, 0.1) is 93.2 Å². The monoisotopic (exact) mass is 1010 g/mol. The Balaban J connectivity index is 0.880. The molecule has 0 amide bonds. The van der Waals surface area contributed by atoms with Crippen LogP contribution in [0.3, 0.4) is 0 Å². The Morgan fingerprint density at radius 3 is 2.59 bits per heavy atom. The summed E-state index contributed by atoms with van der Waals surface area (Å²) in [5.74, 6) is 7.72. The van der Waals surface area contributed by atoms with Crippen LogP contribution in [0.5, 0.6) is 0 Å². The van der Waals surface area contributed by atoms with Crippen LogP contribution in [0.2, 0.25) is 0 Å². The fourth-order valence-electron chi connectivity index (χ4n) is 21.5. The van der Waals surface area contributed by atoms with E-state index in [-0.39, 0.29) is 60.8 Å². The summed E-state index contributed by atoms with van der Waals surface area (Å²) in [5, 5.41) is 29.9. The van der Waals surface area contributed by atoms with E-state index in [0.29, 0.717) is 61.2 Å².